The second-order valence-corrected chi connectivity index (χ2v) is 10.9. The van der Waals surface area contributed by atoms with E-state index in [2.05, 4.69) is 29.1 Å². The molecule has 0 unspecified atom stereocenters. The average Bonchev–Trinajstić information content (AvgIpc) is 2.71. The number of nitrogens with zero attached hydrogens (tertiary/aromatic N) is 1. The predicted octanol–water partition coefficient (Wildman–Crippen LogP) is 4.31. The van der Waals surface area contributed by atoms with Crippen molar-refractivity contribution >= 4 is 10.0 Å². The van der Waals surface area contributed by atoms with Crippen LogP contribution < -0.4 is 10.0 Å². The lowest BCUT2D eigenvalue weighted by Gasteiger charge is -2.43. The molecule has 0 bridgehead atoms. The van der Waals surface area contributed by atoms with Gasteiger partial charge in [-0.3, -0.25) is 0 Å². The summed E-state index contributed by atoms with van der Waals surface area (Å²) in [6.07, 6.45) is 10.0. The molecule has 6 heteroatoms. The molecule has 1 fully saturated rings. The molecule has 2 aliphatic carbocycles. The minimum absolute atomic E-state index is 0.333. The van der Waals surface area contributed by atoms with E-state index in [-0.39, 0.29) is 0 Å². The Labute approximate surface area is 182 Å². The van der Waals surface area contributed by atoms with E-state index in [9.17, 15) is 8.42 Å². The van der Waals surface area contributed by atoms with Crippen molar-refractivity contribution in [2.24, 2.45) is 17.8 Å². The van der Waals surface area contributed by atoms with Crippen molar-refractivity contribution in [2.75, 3.05) is 13.1 Å². The first-order chi connectivity index (χ1) is 14.4. The monoisotopic (exact) mass is 429 g/mol. The molecule has 3 rings (SSSR count). The van der Waals surface area contributed by atoms with E-state index in [1.807, 2.05) is 19.1 Å². The summed E-state index contributed by atoms with van der Waals surface area (Å²) in [6, 6.07) is 9.65. The van der Waals surface area contributed by atoms with Gasteiger partial charge >= 0.3 is 0 Å². The van der Waals surface area contributed by atoms with Gasteiger partial charge in [-0.2, -0.15) is 5.26 Å². The average molecular weight is 430 g/mol. The van der Waals surface area contributed by atoms with Crippen LogP contribution in [0.3, 0.4) is 0 Å². The van der Waals surface area contributed by atoms with E-state index in [0.29, 0.717) is 41.8 Å². The van der Waals surface area contributed by atoms with Crippen molar-refractivity contribution in [1.82, 2.24) is 10.0 Å². The second-order valence-electron chi connectivity index (χ2n) is 9.12. The third kappa shape index (κ3) is 6.16. The molecule has 2 aliphatic rings. The van der Waals surface area contributed by atoms with Crippen molar-refractivity contribution in [3.05, 3.63) is 41.5 Å². The molecule has 1 aromatic rings. The molecule has 0 aliphatic heterocycles. The largest absolute Gasteiger partial charge is 0.301 e. The van der Waals surface area contributed by atoms with Crippen molar-refractivity contribution in [3.63, 3.8) is 0 Å². The first-order valence-electron chi connectivity index (χ1n) is 11.2. The highest BCUT2D eigenvalue weighted by atomic mass is 32.2. The summed E-state index contributed by atoms with van der Waals surface area (Å²) >= 11 is 0. The number of aryl methyl sites for hydroxylation is 1. The number of fused-ring (bicyclic) bond motifs is 1. The van der Waals surface area contributed by atoms with Gasteiger partial charge in [-0.05, 0) is 81.8 Å². The van der Waals surface area contributed by atoms with Crippen LogP contribution in [0.2, 0.25) is 0 Å². The normalized spacial score (nSPS) is 26.5. The Balaban J connectivity index is 1.43. The number of allylic oxidation sites excluding steroid dienone is 2. The first-order valence-corrected chi connectivity index (χ1v) is 12.7. The summed E-state index contributed by atoms with van der Waals surface area (Å²) < 4.78 is 27.4. The lowest BCUT2D eigenvalue weighted by Crippen LogP contribution is -2.46. The number of sulfonamides is 1. The fourth-order valence-electron chi connectivity index (χ4n) is 5.14. The van der Waals surface area contributed by atoms with E-state index < -0.39 is 10.0 Å². The Morgan fingerprint density at radius 1 is 1.17 bits per heavy atom. The highest BCUT2D eigenvalue weighted by molar-refractivity contribution is 7.89. The second kappa shape index (κ2) is 10.6. The van der Waals surface area contributed by atoms with Crippen molar-refractivity contribution in [3.8, 4) is 6.07 Å². The number of nitriles is 1. The van der Waals surface area contributed by atoms with Crippen LogP contribution in [0, 0.1) is 36.0 Å². The van der Waals surface area contributed by atoms with E-state index in [4.69, 9.17) is 5.26 Å². The Bertz CT molecular complexity index is 871. The zero-order valence-electron chi connectivity index (χ0n) is 18.2. The highest BCUT2D eigenvalue weighted by Gasteiger charge is 2.37. The fraction of sp³-hybridized carbons (Fsp3) is 0.625. The summed E-state index contributed by atoms with van der Waals surface area (Å²) in [5.74, 6) is 2.07. The quantitative estimate of drug-likeness (QED) is 0.348. The maximum absolute atomic E-state index is 12.4. The maximum Gasteiger partial charge on any atom is 0.240 e. The molecule has 164 valence electrons. The molecule has 0 saturated heterocycles. The number of hydrogen-bond donors (Lipinski definition) is 2. The van der Waals surface area contributed by atoms with Crippen LogP contribution in [-0.4, -0.2) is 27.5 Å². The third-order valence-electron chi connectivity index (χ3n) is 6.68. The van der Waals surface area contributed by atoms with E-state index in [1.54, 1.807) is 12.1 Å². The first kappa shape index (κ1) is 23.0. The number of hydrogen-bond acceptors (Lipinski definition) is 4. The topological polar surface area (TPSA) is 82.0 Å². The lowest BCUT2D eigenvalue weighted by molar-refractivity contribution is 0.132. The van der Waals surface area contributed by atoms with Crippen LogP contribution in [0.25, 0.3) is 0 Å². The van der Waals surface area contributed by atoms with Crippen molar-refractivity contribution in [1.29, 1.82) is 5.26 Å². The van der Waals surface area contributed by atoms with E-state index in [1.165, 1.54) is 18.4 Å². The zero-order valence-corrected chi connectivity index (χ0v) is 19.0. The summed E-state index contributed by atoms with van der Waals surface area (Å²) in [7, 11) is -3.41. The van der Waals surface area contributed by atoms with Gasteiger partial charge in [0, 0.05) is 12.6 Å². The van der Waals surface area contributed by atoms with Gasteiger partial charge in [-0.1, -0.05) is 36.3 Å². The number of benzene rings is 1. The molecule has 2 N–H and O–H groups in total. The van der Waals surface area contributed by atoms with Crippen LogP contribution in [0.1, 0.15) is 57.4 Å². The number of unbranched alkanes of at least 4 members (excludes halogenated alkanes) is 1. The molecular weight excluding hydrogens is 394 g/mol. The molecule has 4 atom stereocenters. The SMILES string of the molecule is Cc1ccc(S(=O)(=O)NCCCCC2=CC[C@@H]3[C@H](C2)C[C@@H](C)C[C@@H]3NCC#N)cc1. The molecule has 0 aromatic heterocycles. The Kier molecular flexibility index (Phi) is 8.10. The van der Waals surface area contributed by atoms with Gasteiger partial charge in [0.1, 0.15) is 0 Å². The molecule has 0 heterocycles. The van der Waals surface area contributed by atoms with E-state index >= 15 is 0 Å². The molecule has 1 aromatic carbocycles. The van der Waals surface area contributed by atoms with Gasteiger partial charge in [0.15, 0.2) is 0 Å². The lowest BCUT2D eigenvalue weighted by atomic mass is 9.65. The Hall–Kier alpha value is -1.68. The fourth-order valence-corrected chi connectivity index (χ4v) is 6.21. The van der Waals surface area contributed by atoms with Gasteiger partial charge in [0.05, 0.1) is 17.5 Å². The molecular formula is C24H35N3O2S. The smallest absolute Gasteiger partial charge is 0.240 e. The van der Waals surface area contributed by atoms with Crippen LogP contribution in [0.4, 0.5) is 0 Å². The van der Waals surface area contributed by atoms with Gasteiger partial charge in [-0.15, -0.1) is 0 Å². The standard InChI is InChI=1S/C24H35N3O2S/c1-18-6-9-22(10-7-18)30(28,29)27-13-4-3-5-20-8-11-23-21(17-20)15-19(2)16-24(23)26-14-12-25/h6-10,19,21,23-24,26-27H,3-5,11,13-17H2,1-2H3/t19-,21+,23-,24+/m1/s1. The molecule has 0 radical (unpaired) electrons. The van der Waals surface area contributed by atoms with Crippen molar-refractivity contribution < 1.29 is 8.42 Å². The third-order valence-corrected chi connectivity index (χ3v) is 8.16. The molecule has 0 spiro atoms. The van der Waals surface area contributed by atoms with Gasteiger partial charge in [0.2, 0.25) is 10.0 Å². The summed E-state index contributed by atoms with van der Waals surface area (Å²) in [4.78, 5) is 0.333. The summed E-state index contributed by atoms with van der Waals surface area (Å²) in [6.45, 7) is 5.20. The molecule has 5 nitrogen and oxygen atoms in total. The maximum atomic E-state index is 12.4. The van der Waals surface area contributed by atoms with Crippen LogP contribution in [0.15, 0.2) is 40.8 Å². The highest BCUT2D eigenvalue weighted by Crippen LogP contribution is 2.43. The van der Waals surface area contributed by atoms with Crippen LogP contribution in [0.5, 0.6) is 0 Å². The minimum Gasteiger partial charge on any atom is -0.301 e. The van der Waals surface area contributed by atoms with Gasteiger partial charge in [0.25, 0.3) is 0 Å². The van der Waals surface area contributed by atoms with Crippen LogP contribution >= 0.6 is 0 Å². The van der Waals surface area contributed by atoms with Crippen LogP contribution in [-0.2, 0) is 10.0 Å². The number of nitrogens with one attached hydrogen (secondary N) is 2. The number of rotatable bonds is 9. The molecule has 1 saturated carbocycles. The van der Waals surface area contributed by atoms with Gasteiger partial charge in [-0.25, -0.2) is 13.1 Å². The summed E-state index contributed by atoms with van der Waals surface area (Å²) in [5.41, 5.74) is 2.59. The zero-order chi connectivity index (χ0) is 21.6. The molecule has 30 heavy (non-hydrogen) atoms. The predicted molar refractivity (Wildman–Crippen MR) is 120 cm³/mol. The van der Waals surface area contributed by atoms with Gasteiger partial charge < -0.3 is 5.32 Å². The Morgan fingerprint density at radius 3 is 2.67 bits per heavy atom. The molecule has 0 amide bonds. The van der Waals surface area contributed by atoms with Crippen molar-refractivity contribution in [2.45, 2.75) is 69.7 Å². The Morgan fingerprint density at radius 2 is 1.93 bits per heavy atom. The van der Waals surface area contributed by atoms with E-state index in [0.717, 1.165) is 37.7 Å². The summed E-state index contributed by atoms with van der Waals surface area (Å²) in [5, 5.41) is 12.4. The minimum atomic E-state index is -3.41.